The van der Waals surface area contributed by atoms with Gasteiger partial charge in [0.2, 0.25) is 0 Å². The van der Waals surface area contributed by atoms with Gasteiger partial charge in [-0.3, -0.25) is 4.40 Å². The fraction of sp³-hybridized carbons (Fsp3) is 0.0690. The molecule has 2 nitrogen and oxygen atoms in total. The lowest BCUT2D eigenvalue weighted by Gasteiger charge is -2.15. The molecule has 4 aromatic carbocycles. The molecule has 0 aliphatic heterocycles. The average molecular weight is 394 g/mol. The van der Waals surface area contributed by atoms with Gasteiger partial charge in [-0.1, -0.05) is 72.8 Å². The van der Waals surface area contributed by atoms with Gasteiger partial charge in [-0.05, 0) is 56.3 Å². The van der Waals surface area contributed by atoms with Crippen molar-refractivity contribution in [1.82, 2.24) is 9.38 Å². The first-order chi connectivity index (χ1) is 15.4. The van der Waals surface area contributed by atoms with Gasteiger partial charge < -0.3 is 0 Å². The normalized spacial score (nSPS) is 13.5. The minimum Gasteiger partial charge on any atom is -0.299 e. The summed E-state index contributed by atoms with van der Waals surface area (Å²) in [6.45, 7) is 0. The zero-order chi connectivity index (χ0) is 20.1. The van der Waals surface area contributed by atoms with Crippen molar-refractivity contribution in [2.24, 2.45) is 0 Å². The SMILES string of the molecule is c1ccc2c(c1)Cc1c-2ccc2c3ccc4c(c3c3nccn3c12)-c1ccccc1C4. The van der Waals surface area contributed by atoms with E-state index in [9.17, 15) is 0 Å². The van der Waals surface area contributed by atoms with Crippen LogP contribution < -0.4 is 0 Å². The second-order valence-corrected chi connectivity index (χ2v) is 8.80. The third-order valence-corrected chi connectivity index (χ3v) is 7.31. The van der Waals surface area contributed by atoms with Gasteiger partial charge in [0.15, 0.2) is 0 Å². The van der Waals surface area contributed by atoms with E-state index >= 15 is 0 Å². The third kappa shape index (κ3) is 1.87. The molecule has 0 unspecified atom stereocenters. The number of nitrogens with zero attached hydrogens (tertiary/aromatic N) is 2. The maximum Gasteiger partial charge on any atom is 0.145 e. The third-order valence-electron chi connectivity index (χ3n) is 7.31. The number of rotatable bonds is 0. The summed E-state index contributed by atoms with van der Waals surface area (Å²) in [6.07, 6.45) is 6.08. The van der Waals surface area contributed by atoms with Gasteiger partial charge >= 0.3 is 0 Å². The van der Waals surface area contributed by atoms with E-state index in [0.717, 1.165) is 18.5 Å². The smallest absolute Gasteiger partial charge is 0.145 e. The van der Waals surface area contributed by atoms with Crippen molar-refractivity contribution in [3.63, 3.8) is 0 Å². The molecule has 0 saturated carbocycles. The fourth-order valence-electron chi connectivity index (χ4n) is 6.04. The molecule has 2 aromatic heterocycles. The zero-order valence-corrected chi connectivity index (χ0v) is 16.9. The first-order valence-corrected chi connectivity index (χ1v) is 10.9. The van der Waals surface area contributed by atoms with Crippen LogP contribution >= 0.6 is 0 Å². The lowest BCUT2D eigenvalue weighted by molar-refractivity contribution is 1.21. The first kappa shape index (κ1) is 15.9. The Morgan fingerprint density at radius 3 is 2.32 bits per heavy atom. The van der Waals surface area contributed by atoms with Crippen LogP contribution in [0.2, 0.25) is 0 Å². The maximum atomic E-state index is 4.88. The Bertz CT molecular complexity index is 1740. The van der Waals surface area contributed by atoms with Gasteiger partial charge in [-0.15, -0.1) is 0 Å². The molecule has 0 bridgehead atoms. The number of benzene rings is 4. The molecule has 2 aliphatic carbocycles. The number of pyridine rings is 1. The molecule has 8 rings (SSSR count). The molecule has 0 amide bonds. The van der Waals surface area contributed by atoms with Crippen LogP contribution in [0.5, 0.6) is 0 Å². The lowest BCUT2D eigenvalue weighted by Crippen LogP contribution is -1.97. The summed E-state index contributed by atoms with van der Waals surface area (Å²) in [6, 6.07) is 26.9. The van der Waals surface area contributed by atoms with Crippen LogP contribution in [0.15, 0.2) is 85.2 Å². The molecule has 0 radical (unpaired) electrons. The van der Waals surface area contributed by atoms with Crippen molar-refractivity contribution in [3.05, 3.63) is 107 Å². The molecule has 144 valence electrons. The second kappa shape index (κ2) is 5.41. The molecule has 2 aliphatic rings. The Kier molecular flexibility index (Phi) is 2.77. The average Bonchev–Trinajstić information content (AvgIpc) is 3.53. The van der Waals surface area contributed by atoms with E-state index in [0.29, 0.717) is 0 Å². The Labute approximate surface area is 179 Å². The van der Waals surface area contributed by atoms with Gasteiger partial charge in [-0.2, -0.15) is 0 Å². The molecular weight excluding hydrogens is 376 g/mol. The van der Waals surface area contributed by atoms with E-state index in [1.165, 1.54) is 66.2 Å². The van der Waals surface area contributed by atoms with Crippen LogP contribution in [0.3, 0.4) is 0 Å². The van der Waals surface area contributed by atoms with Crippen LogP contribution in [0.1, 0.15) is 22.3 Å². The van der Waals surface area contributed by atoms with E-state index < -0.39 is 0 Å². The van der Waals surface area contributed by atoms with E-state index in [-0.39, 0.29) is 0 Å². The van der Waals surface area contributed by atoms with Crippen molar-refractivity contribution in [1.29, 1.82) is 0 Å². The van der Waals surface area contributed by atoms with Gasteiger partial charge in [0.25, 0.3) is 0 Å². The monoisotopic (exact) mass is 394 g/mol. The maximum absolute atomic E-state index is 4.88. The Balaban J connectivity index is 1.58. The zero-order valence-electron chi connectivity index (χ0n) is 16.9. The predicted octanol–water partition coefficient (Wildman–Crippen LogP) is 6.78. The Morgan fingerprint density at radius 1 is 0.645 bits per heavy atom. The molecule has 0 spiro atoms. The van der Waals surface area contributed by atoms with Gasteiger partial charge in [-0.25, -0.2) is 4.98 Å². The summed E-state index contributed by atoms with van der Waals surface area (Å²) in [4.78, 5) is 4.88. The Hall–Kier alpha value is -3.91. The van der Waals surface area contributed by atoms with Crippen LogP contribution in [-0.2, 0) is 12.8 Å². The second-order valence-electron chi connectivity index (χ2n) is 8.80. The highest BCUT2D eigenvalue weighted by molar-refractivity contribution is 6.19. The number of fused-ring (bicyclic) bond motifs is 14. The van der Waals surface area contributed by atoms with Gasteiger partial charge in [0, 0.05) is 29.6 Å². The minimum absolute atomic E-state index is 0.982. The number of aromatic nitrogens is 2. The van der Waals surface area contributed by atoms with Crippen molar-refractivity contribution in [2.75, 3.05) is 0 Å². The van der Waals surface area contributed by atoms with E-state index in [1.807, 2.05) is 6.20 Å². The van der Waals surface area contributed by atoms with E-state index in [4.69, 9.17) is 4.98 Å². The molecule has 2 heteroatoms. The first-order valence-electron chi connectivity index (χ1n) is 10.9. The molecule has 0 fully saturated rings. The molecule has 2 heterocycles. The molecule has 0 N–H and O–H groups in total. The topological polar surface area (TPSA) is 17.3 Å². The van der Waals surface area contributed by atoms with Gasteiger partial charge in [0.05, 0.1) is 5.52 Å². The van der Waals surface area contributed by atoms with Crippen LogP contribution in [-0.4, -0.2) is 9.38 Å². The summed E-state index contributed by atoms with van der Waals surface area (Å²) < 4.78 is 2.34. The van der Waals surface area contributed by atoms with Crippen molar-refractivity contribution in [2.45, 2.75) is 12.8 Å². The van der Waals surface area contributed by atoms with Crippen molar-refractivity contribution < 1.29 is 0 Å². The fourth-order valence-corrected chi connectivity index (χ4v) is 6.04. The summed E-state index contributed by atoms with van der Waals surface area (Å²) >= 11 is 0. The highest BCUT2D eigenvalue weighted by Crippen LogP contribution is 2.47. The summed E-state index contributed by atoms with van der Waals surface area (Å²) in [5.74, 6) is 0. The highest BCUT2D eigenvalue weighted by Gasteiger charge is 2.26. The summed E-state index contributed by atoms with van der Waals surface area (Å²) in [5.41, 5.74) is 13.5. The summed E-state index contributed by atoms with van der Waals surface area (Å²) in [5, 5.41) is 3.91. The van der Waals surface area contributed by atoms with E-state index in [2.05, 4.69) is 83.4 Å². The molecule has 6 aromatic rings. The molecule has 0 atom stereocenters. The largest absolute Gasteiger partial charge is 0.299 e. The highest BCUT2D eigenvalue weighted by atomic mass is 15.0. The number of imidazole rings is 1. The van der Waals surface area contributed by atoms with E-state index in [1.54, 1.807) is 0 Å². The van der Waals surface area contributed by atoms with Crippen LogP contribution in [0, 0.1) is 0 Å². The quantitative estimate of drug-likeness (QED) is 0.259. The number of hydrogen-bond acceptors (Lipinski definition) is 1. The predicted molar refractivity (Wildman–Crippen MR) is 127 cm³/mol. The molecule has 0 saturated heterocycles. The van der Waals surface area contributed by atoms with Crippen molar-refractivity contribution >= 4 is 27.3 Å². The minimum atomic E-state index is 0.982. The van der Waals surface area contributed by atoms with Crippen LogP contribution in [0.4, 0.5) is 0 Å². The Morgan fingerprint density at radius 2 is 1.42 bits per heavy atom. The van der Waals surface area contributed by atoms with Crippen LogP contribution in [0.25, 0.3) is 49.6 Å². The molecular formula is C29H18N2. The molecule has 31 heavy (non-hydrogen) atoms. The van der Waals surface area contributed by atoms with Crippen molar-refractivity contribution in [3.8, 4) is 22.3 Å². The standard InChI is InChI=1S/C29H18N2/c1-3-7-20-18(6-1)16-25-22(20)11-12-24-23-10-9-19-15-17-5-2-4-8-21(17)26(19)27(23)29-30-13-14-31(29)28(24)25/h1-14H,15-16H2. The lowest BCUT2D eigenvalue weighted by atomic mass is 9.94. The summed E-state index contributed by atoms with van der Waals surface area (Å²) in [7, 11) is 0. The number of hydrogen-bond donors (Lipinski definition) is 0. The van der Waals surface area contributed by atoms with Gasteiger partial charge in [0.1, 0.15) is 5.65 Å².